The molecule has 4 aliphatic rings. The van der Waals surface area contributed by atoms with Gasteiger partial charge in [0, 0.05) is 46.3 Å². The minimum atomic E-state index is -0.478. The van der Waals surface area contributed by atoms with Gasteiger partial charge in [-0.2, -0.15) is 0 Å². The molecule has 6 nitrogen and oxygen atoms in total. The molecule has 72 heavy (non-hydrogen) atoms. The van der Waals surface area contributed by atoms with E-state index in [0.717, 1.165) is 36.8 Å². The van der Waals surface area contributed by atoms with Gasteiger partial charge in [-0.3, -0.25) is 9.59 Å². The number of rotatable bonds is 17. The highest BCUT2D eigenvalue weighted by Gasteiger charge is 2.70. The molecule has 0 saturated heterocycles. The number of methoxy groups -OCH3 is 2. The Kier molecular flexibility index (Phi) is 13.5. The maximum atomic E-state index is 15.4. The van der Waals surface area contributed by atoms with Gasteiger partial charge in [-0.05, 0) is 106 Å². The highest BCUT2D eigenvalue weighted by Crippen LogP contribution is 2.73. The van der Waals surface area contributed by atoms with Crippen molar-refractivity contribution in [3.05, 3.63) is 203 Å². The van der Waals surface area contributed by atoms with Crippen LogP contribution in [0.3, 0.4) is 0 Å². The van der Waals surface area contributed by atoms with Crippen molar-refractivity contribution in [1.29, 1.82) is 0 Å². The molecule has 4 saturated carbocycles. The van der Waals surface area contributed by atoms with E-state index in [-0.39, 0.29) is 82.3 Å². The molecule has 6 aromatic carbocycles. The van der Waals surface area contributed by atoms with E-state index in [1.165, 1.54) is 22.3 Å². The fourth-order valence-corrected chi connectivity index (χ4v) is 15.4. The summed E-state index contributed by atoms with van der Waals surface area (Å²) in [5, 5.41) is 0. The van der Waals surface area contributed by atoms with Crippen molar-refractivity contribution in [2.24, 2.45) is 45.3 Å². The lowest BCUT2D eigenvalue weighted by Crippen LogP contribution is -2.43. The van der Waals surface area contributed by atoms with E-state index >= 15 is 9.59 Å². The molecule has 4 fully saturated rings. The van der Waals surface area contributed by atoms with Gasteiger partial charge in [0.15, 0.2) is 0 Å². The van der Waals surface area contributed by atoms with E-state index in [4.69, 9.17) is 18.9 Å². The van der Waals surface area contributed by atoms with Crippen LogP contribution in [-0.4, -0.2) is 38.4 Å². The van der Waals surface area contributed by atoms with Gasteiger partial charge in [-0.25, -0.2) is 0 Å². The van der Waals surface area contributed by atoms with Crippen molar-refractivity contribution < 1.29 is 28.5 Å². The molecular formula is C66H74O6. The maximum Gasteiger partial charge on any atom is 0.306 e. The predicted octanol–water partition coefficient (Wildman–Crippen LogP) is 15.0. The van der Waals surface area contributed by atoms with E-state index in [9.17, 15) is 0 Å². The van der Waals surface area contributed by atoms with Gasteiger partial charge in [0.1, 0.15) is 23.7 Å². The summed E-state index contributed by atoms with van der Waals surface area (Å²) in [4.78, 5) is 30.8. The van der Waals surface area contributed by atoms with Gasteiger partial charge in [-0.1, -0.05) is 187 Å². The first-order valence-corrected chi connectivity index (χ1v) is 26.6. The molecule has 0 aliphatic heterocycles. The minimum Gasteiger partial charge on any atom is -0.497 e. The monoisotopic (exact) mass is 963 g/mol. The molecule has 0 unspecified atom stereocenters. The Bertz CT molecular complexity index is 2550. The quantitative estimate of drug-likeness (QED) is 0.0848. The van der Waals surface area contributed by atoms with Crippen LogP contribution in [0, 0.1) is 45.3 Å². The molecule has 0 heterocycles. The lowest BCUT2D eigenvalue weighted by molar-refractivity contribution is -0.164. The Morgan fingerprint density at radius 1 is 0.444 bits per heavy atom. The van der Waals surface area contributed by atoms with Crippen LogP contribution >= 0.6 is 0 Å². The van der Waals surface area contributed by atoms with Gasteiger partial charge in [-0.15, -0.1) is 0 Å². The summed E-state index contributed by atoms with van der Waals surface area (Å²) in [6.45, 7) is 14.3. The summed E-state index contributed by atoms with van der Waals surface area (Å²) in [7, 11) is 3.33. The van der Waals surface area contributed by atoms with Crippen molar-refractivity contribution in [2.75, 3.05) is 14.2 Å². The third-order valence-electron chi connectivity index (χ3n) is 19.9. The summed E-state index contributed by atoms with van der Waals surface area (Å²) in [5.74, 6) is 0.744. The number of carbonyl (C=O) groups excluding carboxylic acids is 2. The topological polar surface area (TPSA) is 71.1 Å². The molecule has 4 bridgehead atoms. The second-order valence-corrected chi connectivity index (χ2v) is 23.3. The van der Waals surface area contributed by atoms with Gasteiger partial charge in [0.05, 0.1) is 27.1 Å². The third kappa shape index (κ3) is 8.54. The number of carbonyl (C=O) groups is 2. The van der Waals surface area contributed by atoms with E-state index in [1.807, 2.05) is 36.4 Å². The van der Waals surface area contributed by atoms with Crippen molar-refractivity contribution in [1.82, 2.24) is 0 Å². The molecule has 4 aliphatic carbocycles. The largest absolute Gasteiger partial charge is 0.497 e. The summed E-state index contributed by atoms with van der Waals surface area (Å²) < 4.78 is 26.0. The summed E-state index contributed by atoms with van der Waals surface area (Å²) in [5.41, 5.74) is 6.09. The SMILES string of the molecule is COc1cccc([C@H](CC(=O)O[C@@H]2[C@H](C(c3ccccc3)c3ccccc3)[C@H]3CC[C@]2(C)C3(C)C)[C@@H](CC(=O)O[C@@H]2[C@H](C(c3ccccc3)c3ccccc3)[C@H]3CC[C@]2(C)C3(C)C)c2cccc(OC)c2)c1. The van der Waals surface area contributed by atoms with Crippen LogP contribution in [0.2, 0.25) is 0 Å². The highest BCUT2D eigenvalue weighted by atomic mass is 16.6. The van der Waals surface area contributed by atoms with E-state index in [1.54, 1.807) is 14.2 Å². The molecule has 10 rings (SSSR count). The Hall–Kier alpha value is -6.14. The summed E-state index contributed by atoms with van der Waals surface area (Å²) in [6.07, 6.45) is 3.58. The molecule has 6 aromatic rings. The molecule has 0 aromatic heterocycles. The lowest BCUT2D eigenvalue weighted by atomic mass is 9.68. The Morgan fingerprint density at radius 2 is 0.750 bits per heavy atom. The first-order chi connectivity index (χ1) is 34.7. The van der Waals surface area contributed by atoms with Crippen molar-refractivity contribution in [2.45, 2.75) is 116 Å². The number of hydrogen-bond donors (Lipinski definition) is 0. The predicted molar refractivity (Wildman–Crippen MR) is 286 cm³/mol. The van der Waals surface area contributed by atoms with E-state index < -0.39 is 11.8 Å². The van der Waals surface area contributed by atoms with Crippen LogP contribution in [0.5, 0.6) is 11.5 Å². The second-order valence-electron chi connectivity index (χ2n) is 23.3. The second kappa shape index (κ2) is 19.7. The number of fused-ring (bicyclic) bond motifs is 4. The average molecular weight is 963 g/mol. The highest BCUT2D eigenvalue weighted by molar-refractivity contribution is 5.74. The number of benzene rings is 6. The van der Waals surface area contributed by atoms with E-state index in [2.05, 4.69) is 175 Å². The first-order valence-electron chi connectivity index (χ1n) is 26.6. The third-order valence-corrected chi connectivity index (χ3v) is 19.9. The molecule has 0 spiro atoms. The van der Waals surface area contributed by atoms with Gasteiger partial charge >= 0.3 is 11.9 Å². The smallest absolute Gasteiger partial charge is 0.306 e. The molecule has 0 N–H and O–H groups in total. The first kappa shape index (κ1) is 49.4. The Balaban J connectivity index is 1.02. The normalized spacial score (nSPS) is 27.4. The zero-order valence-electron chi connectivity index (χ0n) is 43.6. The lowest BCUT2D eigenvalue weighted by Gasteiger charge is -2.42. The van der Waals surface area contributed by atoms with Gasteiger partial charge in [0.2, 0.25) is 0 Å². The Morgan fingerprint density at radius 3 is 1.06 bits per heavy atom. The Labute approximate surface area is 428 Å². The molecule has 6 heteroatoms. The van der Waals surface area contributed by atoms with Crippen LogP contribution < -0.4 is 9.47 Å². The summed E-state index contributed by atoms with van der Waals surface area (Å²) in [6, 6.07) is 59.1. The van der Waals surface area contributed by atoms with Crippen LogP contribution in [0.25, 0.3) is 0 Å². The summed E-state index contributed by atoms with van der Waals surface area (Å²) >= 11 is 0. The number of hydrogen-bond acceptors (Lipinski definition) is 6. The van der Waals surface area contributed by atoms with Crippen molar-refractivity contribution >= 4 is 11.9 Å². The number of ether oxygens (including phenoxy) is 4. The average Bonchev–Trinajstić information content (AvgIpc) is 3.90. The molecule has 0 radical (unpaired) electrons. The molecule has 374 valence electrons. The van der Waals surface area contributed by atoms with Crippen molar-refractivity contribution in [3.63, 3.8) is 0 Å². The fraction of sp³-hybridized carbons (Fsp3) is 0.424. The van der Waals surface area contributed by atoms with Crippen LogP contribution in [-0.2, 0) is 19.1 Å². The zero-order chi connectivity index (χ0) is 50.4. The fourth-order valence-electron chi connectivity index (χ4n) is 15.4. The maximum absolute atomic E-state index is 15.4. The molecular weight excluding hydrogens is 889 g/mol. The molecule has 0 amide bonds. The zero-order valence-corrected chi connectivity index (χ0v) is 43.6. The van der Waals surface area contributed by atoms with Crippen LogP contribution in [0.15, 0.2) is 170 Å². The standard InChI is InChI=1S/C66H74O6/c1-63(2)53-35-37-65(63,5)61(59(53)57(43-23-13-9-14-24-43)44-25-15-10-16-26-44)71-55(67)41-51(47-31-21-33-49(39-47)69-7)52(48-32-22-34-50(40-48)70-8)42-56(68)72-62-60(54-36-38-66(62,6)64(54,3)4)58(45-27-17-11-18-28-45)46-29-19-12-20-30-46/h9-34,39-40,51-54,57-62H,35-38,41-42H2,1-8H3/t51-,52-,53+,54+,59-,60-,61+,62+,65-,66-/m0/s1. The van der Waals surface area contributed by atoms with Crippen LogP contribution in [0.1, 0.15) is 137 Å². The van der Waals surface area contributed by atoms with E-state index in [0.29, 0.717) is 23.3 Å². The minimum absolute atomic E-state index is 0.0370. The van der Waals surface area contributed by atoms with Crippen LogP contribution in [0.4, 0.5) is 0 Å². The van der Waals surface area contributed by atoms with Gasteiger partial charge < -0.3 is 18.9 Å². The number of esters is 2. The molecule has 10 atom stereocenters. The van der Waals surface area contributed by atoms with Crippen molar-refractivity contribution in [3.8, 4) is 11.5 Å². The van der Waals surface area contributed by atoms with Gasteiger partial charge in [0.25, 0.3) is 0 Å².